The molecule has 0 radical (unpaired) electrons. The Morgan fingerprint density at radius 3 is 2.58 bits per heavy atom. The van der Waals surface area contributed by atoms with Crippen molar-refractivity contribution < 1.29 is 9.30 Å². The lowest BCUT2D eigenvalue weighted by Crippen LogP contribution is -2.41. The van der Waals surface area contributed by atoms with Crippen LogP contribution in [0.5, 0.6) is 5.75 Å². The van der Waals surface area contributed by atoms with Crippen LogP contribution in [0, 0.1) is 0 Å². The summed E-state index contributed by atoms with van der Waals surface area (Å²) in [5, 5.41) is 4.23. The third-order valence-electron chi connectivity index (χ3n) is 7.37. The van der Waals surface area contributed by atoms with Gasteiger partial charge in [-0.05, 0) is 64.5 Å². The van der Waals surface area contributed by atoms with E-state index >= 15 is 0 Å². The largest absolute Gasteiger partial charge is 0.496 e. The maximum atomic E-state index is 12.9. The molecule has 200 valence electrons. The summed E-state index contributed by atoms with van der Waals surface area (Å²) in [6, 6.07) is 16.7. The van der Waals surface area contributed by atoms with Gasteiger partial charge in [-0.3, -0.25) is 0 Å². The van der Waals surface area contributed by atoms with Crippen LogP contribution in [-0.2, 0) is 11.0 Å². The van der Waals surface area contributed by atoms with Crippen LogP contribution in [0.3, 0.4) is 0 Å². The number of aromatic nitrogens is 3. The minimum absolute atomic E-state index is 0.531. The van der Waals surface area contributed by atoms with Crippen molar-refractivity contribution in [1.82, 2.24) is 19.9 Å². The molecule has 0 saturated carbocycles. The number of hydrogen-bond donors (Lipinski definition) is 2. The Morgan fingerprint density at radius 2 is 1.87 bits per heavy atom. The molecular weight excluding hydrogens is 495 g/mol. The number of aromatic amines is 1. The number of fused-ring (bicyclic) bond motifs is 1. The van der Waals surface area contributed by atoms with Crippen molar-refractivity contribution in [3.63, 3.8) is 0 Å². The van der Waals surface area contributed by atoms with Gasteiger partial charge in [-0.15, -0.1) is 0 Å². The van der Waals surface area contributed by atoms with Gasteiger partial charge in [0.2, 0.25) is 0 Å². The lowest BCUT2D eigenvalue weighted by molar-refractivity contribution is 0.249. The number of piperidine rings is 1. The molecule has 1 fully saturated rings. The first kappa shape index (κ1) is 26.3. The molecule has 9 heteroatoms. The molecule has 2 aromatic heterocycles. The second kappa shape index (κ2) is 10.8. The maximum Gasteiger partial charge on any atom is 0.158 e. The molecule has 8 nitrogen and oxygen atoms in total. The molecule has 4 aromatic rings. The Morgan fingerprint density at radius 1 is 1.11 bits per heavy atom. The van der Waals surface area contributed by atoms with E-state index in [1.54, 1.807) is 20.4 Å². The molecule has 1 aliphatic heterocycles. The van der Waals surface area contributed by atoms with E-state index in [9.17, 15) is 4.57 Å². The number of ether oxygens (including phenoxy) is 1. The first-order chi connectivity index (χ1) is 18.2. The average molecular weight is 533 g/mol. The number of hydrogen-bond acceptors (Lipinski definition) is 7. The molecule has 38 heavy (non-hydrogen) atoms. The summed E-state index contributed by atoms with van der Waals surface area (Å²) in [6.45, 7) is 5.64. The number of nitrogens with one attached hydrogen (secondary N) is 2. The first-order valence-corrected chi connectivity index (χ1v) is 15.7. The third-order valence-corrected chi connectivity index (χ3v) is 8.92. The van der Waals surface area contributed by atoms with Gasteiger partial charge in [-0.2, -0.15) is 0 Å². The highest BCUT2D eigenvalue weighted by atomic mass is 31.2. The summed E-state index contributed by atoms with van der Waals surface area (Å²) in [5.74, 6) is 2.19. The topological polar surface area (TPSA) is 86.4 Å². The second-order valence-corrected chi connectivity index (χ2v) is 13.8. The molecule has 3 heterocycles. The van der Waals surface area contributed by atoms with Gasteiger partial charge < -0.3 is 29.4 Å². The lowest BCUT2D eigenvalue weighted by Gasteiger charge is -2.36. The van der Waals surface area contributed by atoms with Gasteiger partial charge in [-0.25, -0.2) is 9.97 Å². The highest BCUT2D eigenvalue weighted by molar-refractivity contribution is 7.70. The Labute approximate surface area is 224 Å². The molecule has 1 aliphatic rings. The average Bonchev–Trinajstić information content (AvgIpc) is 3.38. The Hall–Kier alpha value is -3.35. The summed E-state index contributed by atoms with van der Waals surface area (Å²) >= 11 is 0. The molecule has 0 bridgehead atoms. The highest BCUT2D eigenvalue weighted by Crippen LogP contribution is 2.38. The van der Waals surface area contributed by atoms with Gasteiger partial charge in [0.15, 0.2) is 5.82 Å². The fourth-order valence-corrected chi connectivity index (χ4v) is 6.38. The van der Waals surface area contributed by atoms with E-state index in [-0.39, 0.29) is 0 Å². The quantitative estimate of drug-likeness (QED) is 0.306. The van der Waals surface area contributed by atoms with Gasteiger partial charge in [0.1, 0.15) is 24.2 Å². The van der Waals surface area contributed by atoms with Crippen molar-refractivity contribution in [2.24, 2.45) is 0 Å². The summed E-state index contributed by atoms with van der Waals surface area (Å²) in [5.41, 5.74) is 4.65. The van der Waals surface area contributed by atoms with Crippen LogP contribution in [-0.4, -0.2) is 73.5 Å². The summed E-state index contributed by atoms with van der Waals surface area (Å²) in [6.07, 6.45) is 4.71. The first-order valence-electron chi connectivity index (χ1n) is 13.1. The summed E-state index contributed by atoms with van der Waals surface area (Å²) in [4.78, 5) is 17.7. The van der Waals surface area contributed by atoms with Gasteiger partial charge in [0.25, 0.3) is 0 Å². The molecule has 0 atom stereocenters. The molecule has 5 rings (SSSR count). The van der Waals surface area contributed by atoms with Crippen molar-refractivity contribution in [3.05, 3.63) is 66.1 Å². The normalized spacial score (nSPS) is 14.8. The van der Waals surface area contributed by atoms with E-state index in [1.807, 2.05) is 36.5 Å². The van der Waals surface area contributed by atoms with Crippen molar-refractivity contribution in [2.45, 2.75) is 25.3 Å². The molecule has 0 spiro atoms. The predicted octanol–water partition coefficient (Wildman–Crippen LogP) is 5.08. The van der Waals surface area contributed by atoms with Crippen molar-refractivity contribution in [2.75, 3.05) is 57.8 Å². The van der Waals surface area contributed by atoms with Crippen molar-refractivity contribution in [3.8, 4) is 5.75 Å². The zero-order valence-electron chi connectivity index (χ0n) is 22.9. The van der Waals surface area contributed by atoms with Crippen LogP contribution >= 0.6 is 7.14 Å². The van der Waals surface area contributed by atoms with E-state index in [0.717, 1.165) is 59.3 Å². The monoisotopic (exact) mass is 532 g/mol. The number of H-pyrrole nitrogens is 1. The van der Waals surface area contributed by atoms with Crippen LogP contribution in [0.1, 0.15) is 24.2 Å². The molecular formula is C29H37N6O2P. The summed E-state index contributed by atoms with van der Waals surface area (Å²) in [7, 11) is 3.56. The number of nitrogens with zero attached hydrogens (tertiary/aromatic N) is 4. The lowest BCUT2D eigenvalue weighted by atomic mass is 10.0. The van der Waals surface area contributed by atoms with E-state index < -0.39 is 7.14 Å². The Kier molecular flexibility index (Phi) is 7.46. The maximum absolute atomic E-state index is 12.9. The smallest absolute Gasteiger partial charge is 0.158 e. The number of para-hydroxylation sites is 1. The molecule has 2 aromatic carbocycles. The van der Waals surface area contributed by atoms with Crippen LogP contribution in [0.25, 0.3) is 11.0 Å². The fourth-order valence-electron chi connectivity index (χ4n) is 5.23. The van der Waals surface area contributed by atoms with Crippen LogP contribution < -0.4 is 20.3 Å². The van der Waals surface area contributed by atoms with E-state index in [4.69, 9.17) is 14.7 Å². The number of anilines is 3. The van der Waals surface area contributed by atoms with Crippen LogP contribution in [0.15, 0.2) is 54.7 Å². The van der Waals surface area contributed by atoms with Crippen LogP contribution in [0.4, 0.5) is 17.2 Å². The summed E-state index contributed by atoms with van der Waals surface area (Å²) < 4.78 is 18.7. The van der Waals surface area contributed by atoms with Crippen molar-refractivity contribution >= 4 is 40.7 Å². The molecule has 2 N–H and O–H groups in total. The van der Waals surface area contributed by atoms with Crippen LogP contribution in [0.2, 0.25) is 0 Å². The molecule has 0 amide bonds. The van der Waals surface area contributed by atoms with Gasteiger partial charge in [-0.1, -0.05) is 18.2 Å². The standard InChI is InChI=1S/C29H37N6O2P/c1-34(2)21-13-16-35(17-14-21)22-11-10-20(25(19-22)37-3)18-27-31-24-12-15-30-28(24)29(33-27)32-23-8-6-7-9-26(23)38(4,5)36/h6-12,15,19,21,30H,13-14,16-18H2,1-5H3,(H,31,32,33). The number of rotatable bonds is 8. The van der Waals surface area contributed by atoms with E-state index in [0.29, 0.717) is 24.1 Å². The van der Waals surface area contributed by atoms with Gasteiger partial charge >= 0.3 is 0 Å². The van der Waals surface area contributed by atoms with Gasteiger partial charge in [0.05, 0.1) is 18.3 Å². The Bertz CT molecular complexity index is 1470. The SMILES string of the molecule is COc1cc(N2CCC(N(C)C)CC2)ccc1Cc1nc(Nc2ccccc2P(C)(C)=O)c2[nH]ccc2n1. The molecule has 0 unspecified atom stereocenters. The zero-order chi connectivity index (χ0) is 26.9. The zero-order valence-corrected chi connectivity index (χ0v) is 23.8. The van der Waals surface area contributed by atoms with Gasteiger partial charge in [0, 0.05) is 54.4 Å². The third kappa shape index (κ3) is 5.57. The minimum Gasteiger partial charge on any atom is -0.496 e. The molecule has 1 saturated heterocycles. The number of methoxy groups -OCH3 is 1. The fraction of sp³-hybridized carbons (Fsp3) is 0.379. The molecule has 0 aliphatic carbocycles. The van der Waals surface area contributed by atoms with E-state index in [2.05, 4.69) is 52.4 Å². The van der Waals surface area contributed by atoms with E-state index in [1.165, 1.54) is 5.69 Å². The predicted molar refractivity (Wildman–Crippen MR) is 157 cm³/mol. The Balaban J connectivity index is 1.42. The number of benzene rings is 2. The second-order valence-electron chi connectivity index (χ2n) is 10.6. The highest BCUT2D eigenvalue weighted by Gasteiger charge is 2.22. The minimum atomic E-state index is -2.48. The van der Waals surface area contributed by atoms with Crippen molar-refractivity contribution in [1.29, 1.82) is 0 Å².